The van der Waals surface area contributed by atoms with Crippen LogP contribution in [0.25, 0.3) is 0 Å². The van der Waals surface area contributed by atoms with Crippen LogP contribution in [-0.4, -0.2) is 43.5 Å². The lowest BCUT2D eigenvalue weighted by atomic mass is 9.80. The summed E-state index contributed by atoms with van der Waals surface area (Å²) in [6, 6.07) is 0.679. The van der Waals surface area contributed by atoms with Crippen molar-refractivity contribution >= 4 is 12.6 Å². The van der Waals surface area contributed by atoms with Crippen molar-refractivity contribution in [2.45, 2.75) is 72.3 Å². The largest absolute Gasteiger partial charge is 0.383 e. The Morgan fingerprint density at radius 2 is 1.60 bits per heavy atom. The van der Waals surface area contributed by atoms with Crippen LogP contribution in [0.3, 0.4) is 0 Å². The first-order valence-corrected chi connectivity index (χ1v) is 9.10. The van der Waals surface area contributed by atoms with E-state index in [4.69, 9.17) is 17.4 Å². The van der Waals surface area contributed by atoms with Crippen LogP contribution in [0.2, 0.25) is 0 Å². The molecule has 0 aliphatic carbocycles. The quantitative estimate of drug-likeness (QED) is 0.498. The molecule has 3 heteroatoms. The van der Waals surface area contributed by atoms with Crippen LogP contribution in [-0.2, 0) is 4.74 Å². The molecule has 0 saturated carbocycles. The van der Waals surface area contributed by atoms with Crippen LogP contribution in [0.1, 0.15) is 66.2 Å². The zero-order valence-electron chi connectivity index (χ0n) is 14.5. The van der Waals surface area contributed by atoms with Gasteiger partial charge in [-0.15, -0.1) is 0 Å². The van der Waals surface area contributed by atoms with Crippen molar-refractivity contribution in [3.63, 3.8) is 0 Å². The van der Waals surface area contributed by atoms with E-state index in [-0.39, 0.29) is 0 Å². The third kappa shape index (κ3) is 6.82. The third-order valence-electron chi connectivity index (χ3n) is 4.48. The fourth-order valence-electron chi connectivity index (χ4n) is 3.39. The van der Waals surface area contributed by atoms with Crippen LogP contribution in [0, 0.1) is 5.41 Å². The molecule has 2 nitrogen and oxygen atoms in total. The zero-order chi connectivity index (χ0) is 15.4. The Morgan fingerprint density at radius 1 is 1.05 bits per heavy atom. The standard InChI is InChI=1S/C17H37NOS/c1-6-10-17(15-20,11-7-2)14-18(12-13-19-5)16(8-3)9-4/h16,20H,6-15H2,1-5H3. The lowest BCUT2D eigenvalue weighted by Gasteiger charge is -2.41. The van der Waals surface area contributed by atoms with Gasteiger partial charge in [0.1, 0.15) is 0 Å². The minimum atomic E-state index is 0.378. The molecule has 0 aliphatic rings. The fourth-order valence-corrected chi connectivity index (χ4v) is 3.80. The van der Waals surface area contributed by atoms with E-state index in [0.717, 1.165) is 18.9 Å². The van der Waals surface area contributed by atoms with Gasteiger partial charge in [0, 0.05) is 26.2 Å². The van der Waals surface area contributed by atoms with Gasteiger partial charge in [0.2, 0.25) is 0 Å². The number of hydrogen-bond donors (Lipinski definition) is 1. The lowest BCUT2D eigenvalue weighted by molar-refractivity contribution is 0.0701. The summed E-state index contributed by atoms with van der Waals surface area (Å²) in [4.78, 5) is 2.66. The summed E-state index contributed by atoms with van der Waals surface area (Å²) >= 11 is 4.70. The van der Waals surface area contributed by atoms with Gasteiger partial charge in [-0.3, -0.25) is 4.90 Å². The maximum absolute atomic E-state index is 5.32. The summed E-state index contributed by atoms with van der Waals surface area (Å²) in [6.45, 7) is 12.2. The van der Waals surface area contributed by atoms with Crippen molar-refractivity contribution < 1.29 is 4.74 Å². The van der Waals surface area contributed by atoms with Gasteiger partial charge in [-0.2, -0.15) is 12.6 Å². The Hall–Kier alpha value is 0.270. The molecule has 0 spiro atoms. The van der Waals surface area contributed by atoms with Crippen molar-refractivity contribution in [1.82, 2.24) is 4.90 Å². The monoisotopic (exact) mass is 303 g/mol. The van der Waals surface area contributed by atoms with Gasteiger partial charge in [-0.1, -0.05) is 40.5 Å². The van der Waals surface area contributed by atoms with Crippen molar-refractivity contribution in [3.8, 4) is 0 Å². The predicted molar refractivity (Wildman–Crippen MR) is 93.9 cm³/mol. The molecule has 0 aromatic heterocycles. The Kier molecular flexibility index (Phi) is 12.0. The summed E-state index contributed by atoms with van der Waals surface area (Å²) in [6.07, 6.45) is 7.52. The minimum Gasteiger partial charge on any atom is -0.383 e. The molecule has 0 aromatic carbocycles. The highest BCUT2D eigenvalue weighted by Crippen LogP contribution is 2.33. The summed E-state index contributed by atoms with van der Waals surface area (Å²) in [5, 5.41) is 0. The molecule has 0 aliphatic heterocycles. The Bertz CT molecular complexity index is 213. The maximum atomic E-state index is 5.32. The van der Waals surface area contributed by atoms with Crippen LogP contribution in [0.15, 0.2) is 0 Å². The third-order valence-corrected chi connectivity index (χ3v) is 5.15. The Balaban J connectivity index is 4.92. The number of hydrogen-bond acceptors (Lipinski definition) is 3. The maximum Gasteiger partial charge on any atom is 0.0589 e. The summed E-state index contributed by atoms with van der Waals surface area (Å²) in [5.74, 6) is 0.998. The van der Waals surface area contributed by atoms with E-state index in [1.165, 1.54) is 45.1 Å². The van der Waals surface area contributed by atoms with E-state index in [2.05, 4.69) is 32.6 Å². The number of rotatable bonds is 13. The smallest absolute Gasteiger partial charge is 0.0589 e. The Labute approximate surface area is 133 Å². The van der Waals surface area contributed by atoms with E-state index in [1.54, 1.807) is 7.11 Å². The molecule has 0 atom stereocenters. The van der Waals surface area contributed by atoms with Crippen LogP contribution >= 0.6 is 12.6 Å². The van der Waals surface area contributed by atoms with Gasteiger partial charge in [0.25, 0.3) is 0 Å². The van der Waals surface area contributed by atoms with E-state index < -0.39 is 0 Å². The highest BCUT2D eigenvalue weighted by Gasteiger charge is 2.31. The number of thiol groups is 1. The summed E-state index contributed by atoms with van der Waals surface area (Å²) < 4.78 is 5.32. The molecule has 0 fully saturated rings. The van der Waals surface area contributed by atoms with E-state index >= 15 is 0 Å². The summed E-state index contributed by atoms with van der Waals surface area (Å²) in [5.41, 5.74) is 0.378. The molecular formula is C17H37NOS. The van der Waals surface area contributed by atoms with Gasteiger partial charge in [-0.05, 0) is 36.9 Å². The number of methoxy groups -OCH3 is 1. The second kappa shape index (κ2) is 11.9. The average molecular weight is 304 g/mol. The molecule has 0 N–H and O–H groups in total. The van der Waals surface area contributed by atoms with Gasteiger partial charge in [0.05, 0.1) is 6.61 Å². The van der Waals surface area contributed by atoms with Crippen LogP contribution < -0.4 is 0 Å². The van der Waals surface area contributed by atoms with Gasteiger partial charge in [-0.25, -0.2) is 0 Å². The predicted octanol–water partition coefficient (Wildman–Crippen LogP) is 4.64. The molecule has 0 radical (unpaired) electrons. The molecule has 20 heavy (non-hydrogen) atoms. The van der Waals surface area contributed by atoms with Gasteiger partial charge < -0.3 is 4.74 Å². The van der Waals surface area contributed by atoms with Crippen LogP contribution in [0.5, 0.6) is 0 Å². The molecule has 0 amide bonds. The number of nitrogens with zero attached hydrogens (tertiary/aromatic N) is 1. The fraction of sp³-hybridized carbons (Fsp3) is 1.00. The molecule has 0 bridgehead atoms. The van der Waals surface area contributed by atoms with E-state index in [9.17, 15) is 0 Å². The average Bonchev–Trinajstić information content (AvgIpc) is 2.46. The highest BCUT2D eigenvalue weighted by molar-refractivity contribution is 7.80. The van der Waals surface area contributed by atoms with Crippen LogP contribution in [0.4, 0.5) is 0 Å². The van der Waals surface area contributed by atoms with E-state index in [0.29, 0.717) is 11.5 Å². The second-order valence-corrected chi connectivity index (χ2v) is 6.41. The SMILES string of the molecule is CCCC(CS)(CCC)CN(CCOC)C(CC)CC. The van der Waals surface area contributed by atoms with Crippen molar-refractivity contribution in [2.75, 3.05) is 32.6 Å². The normalized spacial score (nSPS) is 12.6. The molecule has 0 heterocycles. The molecule has 0 unspecified atom stereocenters. The molecular weight excluding hydrogens is 266 g/mol. The highest BCUT2D eigenvalue weighted by atomic mass is 32.1. The second-order valence-electron chi connectivity index (χ2n) is 6.09. The Morgan fingerprint density at radius 3 is 1.95 bits per heavy atom. The first kappa shape index (κ1) is 20.3. The molecule has 0 rings (SSSR count). The van der Waals surface area contributed by atoms with E-state index in [1.807, 2.05) is 0 Å². The minimum absolute atomic E-state index is 0.378. The first-order chi connectivity index (χ1) is 9.62. The topological polar surface area (TPSA) is 12.5 Å². The van der Waals surface area contributed by atoms with Gasteiger partial charge in [0.15, 0.2) is 0 Å². The first-order valence-electron chi connectivity index (χ1n) is 8.46. The summed E-state index contributed by atoms with van der Waals surface area (Å²) in [7, 11) is 1.80. The van der Waals surface area contributed by atoms with Crippen molar-refractivity contribution in [2.24, 2.45) is 5.41 Å². The van der Waals surface area contributed by atoms with Gasteiger partial charge >= 0.3 is 0 Å². The molecule has 0 aromatic rings. The lowest BCUT2D eigenvalue weighted by Crippen LogP contribution is -2.45. The number of ether oxygens (including phenoxy) is 1. The zero-order valence-corrected chi connectivity index (χ0v) is 15.3. The molecule has 0 saturated heterocycles. The van der Waals surface area contributed by atoms with Crippen molar-refractivity contribution in [1.29, 1.82) is 0 Å². The van der Waals surface area contributed by atoms with Crippen molar-refractivity contribution in [3.05, 3.63) is 0 Å². The molecule has 122 valence electrons.